The van der Waals surface area contributed by atoms with Crippen molar-refractivity contribution in [3.8, 4) is 11.5 Å². The van der Waals surface area contributed by atoms with E-state index in [9.17, 15) is 4.79 Å². The van der Waals surface area contributed by atoms with Crippen LogP contribution in [0.3, 0.4) is 0 Å². The van der Waals surface area contributed by atoms with E-state index in [-0.39, 0.29) is 12.5 Å². The van der Waals surface area contributed by atoms with Crippen LogP contribution in [-0.4, -0.2) is 19.6 Å². The van der Waals surface area contributed by atoms with Crippen LogP contribution in [0, 0.1) is 0 Å². The van der Waals surface area contributed by atoms with Gasteiger partial charge in [0.25, 0.3) is 5.91 Å². The van der Waals surface area contributed by atoms with Gasteiger partial charge >= 0.3 is 0 Å². The zero-order valence-electron chi connectivity index (χ0n) is 11.2. The number of hydrogen-bond donors (Lipinski definition) is 1. The van der Waals surface area contributed by atoms with E-state index in [0.717, 1.165) is 8.95 Å². The van der Waals surface area contributed by atoms with Crippen molar-refractivity contribution >= 4 is 43.5 Å². The lowest BCUT2D eigenvalue weighted by atomic mass is 10.3. The second-order valence-electron chi connectivity index (χ2n) is 4.11. The zero-order valence-corrected chi connectivity index (χ0v) is 14.4. The molecule has 1 amide bonds. The summed E-state index contributed by atoms with van der Waals surface area (Å²) >= 11 is 6.74. The number of rotatable bonds is 5. The molecule has 0 saturated carbocycles. The highest BCUT2D eigenvalue weighted by Crippen LogP contribution is 2.28. The molecule has 2 aromatic carbocycles. The maximum Gasteiger partial charge on any atom is 0.262 e. The van der Waals surface area contributed by atoms with Gasteiger partial charge in [0.05, 0.1) is 17.3 Å². The van der Waals surface area contributed by atoms with Crippen molar-refractivity contribution in [1.29, 1.82) is 0 Å². The van der Waals surface area contributed by atoms with E-state index >= 15 is 0 Å². The maximum atomic E-state index is 11.9. The molecule has 6 heteroatoms. The van der Waals surface area contributed by atoms with E-state index in [1.165, 1.54) is 0 Å². The predicted molar refractivity (Wildman–Crippen MR) is 89.0 cm³/mol. The fourth-order valence-electron chi connectivity index (χ4n) is 1.67. The summed E-state index contributed by atoms with van der Waals surface area (Å²) in [5.74, 6) is 0.957. The fraction of sp³-hybridized carbons (Fsp3) is 0.133. The summed E-state index contributed by atoms with van der Waals surface area (Å²) in [6.07, 6.45) is 0. The molecule has 0 aliphatic heterocycles. The molecule has 4 nitrogen and oxygen atoms in total. The number of amides is 1. The average molecular weight is 415 g/mol. The smallest absolute Gasteiger partial charge is 0.262 e. The van der Waals surface area contributed by atoms with Gasteiger partial charge in [0.2, 0.25) is 0 Å². The second kappa shape index (κ2) is 7.47. The number of carbonyl (C=O) groups excluding carboxylic acids is 1. The van der Waals surface area contributed by atoms with E-state index in [1.807, 2.05) is 24.3 Å². The highest BCUT2D eigenvalue weighted by atomic mass is 79.9. The standard InChI is InChI=1S/C15H13Br2NO3/c1-20-14-5-3-2-4-12(14)18-15(19)9-21-13-7-6-10(16)8-11(13)17/h2-8H,9H2,1H3,(H,18,19). The lowest BCUT2D eigenvalue weighted by Crippen LogP contribution is -2.20. The number of hydrogen-bond acceptors (Lipinski definition) is 3. The van der Waals surface area contributed by atoms with Crippen LogP contribution in [0.2, 0.25) is 0 Å². The SMILES string of the molecule is COc1ccccc1NC(=O)COc1ccc(Br)cc1Br. The molecule has 0 bridgehead atoms. The first-order valence-corrected chi connectivity index (χ1v) is 7.69. The first kappa shape index (κ1) is 15.9. The van der Waals surface area contributed by atoms with Crippen molar-refractivity contribution < 1.29 is 14.3 Å². The molecular weight excluding hydrogens is 402 g/mol. The van der Waals surface area contributed by atoms with Crippen LogP contribution in [-0.2, 0) is 4.79 Å². The number of ether oxygens (including phenoxy) is 2. The topological polar surface area (TPSA) is 47.6 Å². The molecular formula is C15H13Br2NO3. The minimum absolute atomic E-state index is 0.0850. The summed E-state index contributed by atoms with van der Waals surface area (Å²) in [7, 11) is 1.56. The summed E-state index contributed by atoms with van der Waals surface area (Å²) in [5, 5.41) is 2.75. The number of nitrogens with one attached hydrogen (secondary N) is 1. The van der Waals surface area contributed by atoms with E-state index in [1.54, 1.807) is 25.3 Å². The molecule has 2 rings (SSSR count). The van der Waals surface area contributed by atoms with Crippen LogP contribution in [0.1, 0.15) is 0 Å². The average Bonchev–Trinajstić information content (AvgIpc) is 2.47. The Morgan fingerprint density at radius 3 is 2.62 bits per heavy atom. The Kier molecular flexibility index (Phi) is 5.64. The van der Waals surface area contributed by atoms with Crippen molar-refractivity contribution in [2.45, 2.75) is 0 Å². The maximum absolute atomic E-state index is 11.9. The third-order valence-corrected chi connectivity index (χ3v) is 3.75. The van der Waals surface area contributed by atoms with Gasteiger partial charge in [0.15, 0.2) is 6.61 Å². The van der Waals surface area contributed by atoms with Crippen molar-refractivity contribution in [2.75, 3.05) is 19.0 Å². The van der Waals surface area contributed by atoms with Crippen molar-refractivity contribution in [2.24, 2.45) is 0 Å². The van der Waals surface area contributed by atoms with Crippen molar-refractivity contribution in [1.82, 2.24) is 0 Å². The van der Waals surface area contributed by atoms with E-state index < -0.39 is 0 Å². The number of para-hydroxylation sites is 2. The highest BCUT2D eigenvalue weighted by Gasteiger charge is 2.09. The van der Waals surface area contributed by atoms with Crippen LogP contribution in [0.15, 0.2) is 51.4 Å². The molecule has 21 heavy (non-hydrogen) atoms. The van der Waals surface area contributed by atoms with E-state index in [0.29, 0.717) is 17.2 Å². The van der Waals surface area contributed by atoms with Gasteiger partial charge in [-0.2, -0.15) is 0 Å². The van der Waals surface area contributed by atoms with E-state index in [4.69, 9.17) is 9.47 Å². The lowest BCUT2D eigenvalue weighted by Gasteiger charge is -2.11. The summed E-state index contributed by atoms with van der Waals surface area (Å²) in [5.41, 5.74) is 0.614. The number of halogens is 2. The minimum atomic E-state index is -0.255. The monoisotopic (exact) mass is 413 g/mol. The first-order valence-electron chi connectivity index (χ1n) is 6.11. The molecule has 0 spiro atoms. The summed E-state index contributed by atoms with van der Waals surface area (Å²) in [4.78, 5) is 11.9. The van der Waals surface area contributed by atoms with Gasteiger partial charge < -0.3 is 14.8 Å². The van der Waals surface area contributed by atoms with E-state index in [2.05, 4.69) is 37.2 Å². The Balaban J connectivity index is 1.96. The normalized spacial score (nSPS) is 10.0. The molecule has 0 saturated heterocycles. The Labute approximate surface area is 139 Å². The van der Waals surface area contributed by atoms with Gasteiger partial charge in [-0.3, -0.25) is 4.79 Å². The van der Waals surface area contributed by atoms with Crippen molar-refractivity contribution in [3.63, 3.8) is 0 Å². The minimum Gasteiger partial charge on any atom is -0.495 e. The number of carbonyl (C=O) groups is 1. The Hall–Kier alpha value is -1.53. The van der Waals surface area contributed by atoms with Gasteiger partial charge in [-0.25, -0.2) is 0 Å². The number of methoxy groups -OCH3 is 1. The third kappa shape index (κ3) is 4.47. The molecule has 0 unspecified atom stereocenters. The van der Waals surface area contributed by atoms with Crippen LogP contribution in [0.4, 0.5) is 5.69 Å². The molecule has 0 aliphatic rings. The molecule has 0 heterocycles. The zero-order chi connectivity index (χ0) is 15.2. The van der Waals surface area contributed by atoms with Gasteiger partial charge in [0, 0.05) is 4.47 Å². The molecule has 0 aliphatic carbocycles. The number of anilines is 1. The second-order valence-corrected chi connectivity index (χ2v) is 5.88. The molecule has 2 aromatic rings. The molecule has 0 atom stereocenters. The molecule has 0 aromatic heterocycles. The van der Waals surface area contributed by atoms with Crippen LogP contribution in [0.5, 0.6) is 11.5 Å². The van der Waals surface area contributed by atoms with Crippen LogP contribution >= 0.6 is 31.9 Å². The Bertz CT molecular complexity index is 647. The molecule has 0 radical (unpaired) electrons. The van der Waals surface area contributed by atoms with Gasteiger partial charge in [-0.1, -0.05) is 28.1 Å². The highest BCUT2D eigenvalue weighted by molar-refractivity contribution is 9.11. The van der Waals surface area contributed by atoms with Gasteiger partial charge in [0.1, 0.15) is 11.5 Å². The molecule has 110 valence electrons. The van der Waals surface area contributed by atoms with Gasteiger partial charge in [-0.15, -0.1) is 0 Å². The molecule has 1 N–H and O–H groups in total. The Morgan fingerprint density at radius 2 is 1.90 bits per heavy atom. The fourth-order valence-corrected chi connectivity index (χ4v) is 2.83. The van der Waals surface area contributed by atoms with Crippen LogP contribution < -0.4 is 14.8 Å². The Morgan fingerprint density at radius 1 is 1.14 bits per heavy atom. The van der Waals surface area contributed by atoms with Crippen molar-refractivity contribution in [3.05, 3.63) is 51.4 Å². The first-order chi connectivity index (χ1) is 10.1. The van der Waals surface area contributed by atoms with Crippen LogP contribution in [0.25, 0.3) is 0 Å². The largest absolute Gasteiger partial charge is 0.495 e. The third-order valence-electron chi connectivity index (χ3n) is 2.63. The predicted octanol–water partition coefficient (Wildman–Crippen LogP) is 4.24. The summed E-state index contributed by atoms with van der Waals surface area (Å²) in [6.45, 7) is -0.0850. The quantitative estimate of drug-likeness (QED) is 0.795. The lowest BCUT2D eigenvalue weighted by molar-refractivity contribution is -0.118. The van der Waals surface area contributed by atoms with Gasteiger partial charge in [-0.05, 0) is 46.3 Å². The summed E-state index contributed by atoms with van der Waals surface area (Å²) < 4.78 is 12.4. The summed E-state index contributed by atoms with van der Waals surface area (Å²) in [6, 6.07) is 12.7. The molecule has 0 fully saturated rings. The number of benzene rings is 2.